The van der Waals surface area contributed by atoms with Crippen LogP contribution in [-0.2, 0) is 4.79 Å². The molecule has 10 heavy (non-hydrogen) atoms. The molecule has 0 aromatic heterocycles. The molecule has 1 N–H and O–H groups in total. The van der Waals surface area contributed by atoms with E-state index in [1.807, 2.05) is 20.8 Å². The van der Waals surface area contributed by atoms with Crippen LogP contribution in [0.25, 0.3) is 0 Å². The molecule has 0 heterocycles. The topological polar surface area (TPSA) is 37.3 Å². The maximum absolute atomic E-state index is 10.5. The SMILES string of the molecule is CC[C@H](C)[C@@H](CC)C(=O)O. The number of hydrogen-bond donors (Lipinski definition) is 1. The lowest BCUT2D eigenvalue weighted by Crippen LogP contribution is -2.19. The van der Waals surface area contributed by atoms with Gasteiger partial charge in [-0.05, 0) is 12.3 Å². The molecule has 2 nitrogen and oxygen atoms in total. The van der Waals surface area contributed by atoms with Crippen LogP contribution < -0.4 is 0 Å². The van der Waals surface area contributed by atoms with E-state index in [4.69, 9.17) is 5.11 Å². The van der Waals surface area contributed by atoms with Gasteiger partial charge in [-0.3, -0.25) is 4.79 Å². The molecule has 0 spiro atoms. The van der Waals surface area contributed by atoms with Crippen LogP contribution in [0, 0.1) is 11.8 Å². The Morgan fingerprint density at radius 3 is 2.00 bits per heavy atom. The highest BCUT2D eigenvalue weighted by Crippen LogP contribution is 2.18. The number of aliphatic carboxylic acids is 1. The van der Waals surface area contributed by atoms with E-state index in [1.165, 1.54) is 0 Å². The van der Waals surface area contributed by atoms with Crippen LogP contribution >= 0.6 is 0 Å². The fourth-order valence-corrected chi connectivity index (χ4v) is 1.10. The van der Waals surface area contributed by atoms with Gasteiger partial charge in [-0.1, -0.05) is 27.2 Å². The summed E-state index contributed by atoms with van der Waals surface area (Å²) < 4.78 is 0. The molecule has 0 saturated carbocycles. The van der Waals surface area contributed by atoms with Crippen LogP contribution in [0.4, 0.5) is 0 Å². The molecule has 0 unspecified atom stereocenters. The average Bonchev–Trinajstić information content (AvgIpc) is 1.88. The summed E-state index contributed by atoms with van der Waals surface area (Å²) in [5, 5.41) is 8.67. The standard InChI is InChI=1S/C8H16O2/c1-4-6(3)7(5-2)8(9)10/h6-7H,4-5H2,1-3H3,(H,9,10)/t6-,7+/m0/s1. The zero-order chi connectivity index (χ0) is 8.15. The molecule has 0 saturated heterocycles. The minimum Gasteiger partial charge on any atom is -0.481 e. The van der Waals surface area contributed by atoms with Crippen molar-refractivity contribution in [1.82, 2.24) is 0 Å². The zero-order valence-corrected chi connectivity index (χ0v) is 6.92. The Labute approximate surface area is 62.2 Å². The van der Waals surface area contributed by atoms with Crippen LogP contribution in [-0.4, -0.2) is 11.1 Å². The van der Waals surface area contributed by atoms with Gasteiger partial charge in [0.25, 0.3) is 0 Å². The Balaban J connectivity index is 3.92. The van der Waals surface area contributed by atoms with Crippen LogP contribution in [0.1, 0.15) is 33.6 Å². The Morgan fingerprint density at radius 2 is 1.90 bits per heavy atom. The highest BCUT2D eigenvalue weighted by Gasteiger charge is 2.20. The van der Waals surface area contributed by atoms with Gasteiger partial charge in [-0.2, -0.15) is 0 Å². The maximum atomic E-state index is 10.5. The molecule has 0 rings (SSSR count). The molecule has 0 aliphatic rings. The molecule has 2 heteroatoms. The van der Waals surface area contributed by atoms with Crippen LogP contribution in [0.2, 0.25) is 0 Å². The zero-order valence-electron chi connectivity index (χ0n) is 6.92. The molecule has 0 radical (unpaired) electrons. The van der Waals surface area contributed by atoms with Gasteiger partial charge in [0, 0.05) is 0 Å². The molecule has 0 aromatic carbocycles. The first kappa shape index (κ1) is 9.47. The van der Waals surface area contributed by atoms with E-state index < -0.39 is 5.97 Å². The third-order valence-corrected chi connectivity index (χ3v) is 2.09. The van der Waals surface area contributed by atoms with E-state index in [2.05, 4.69) is 0 Å². The van der Waals surface area contributed by atoms with Gasteiger partial charge in [0.2, 0.25) is 0 Å². The van der Waals surface area contributed by atoms with Crippen LogP contribution in [0.15, 0.2) is 0 Å². The number of hydrogen-bond acceptors (Lipinski definition) is 1. The Bertz CT molecular complexity index is 110. The number of rotatable bonds is 4. The van der Waals surface area contributed by atoms with Crippen molar-refractivity contribution in [1.29, 1.82) is 0 Å². The maximum Gasteiger partial charge on any atom is 0.306 e. The van der Waals surface area contributed by atoms with Gasteiger partial charge in [0.05, 0.1) is 5.92 Å². The Kier molecular flexibility index (Phi) is 4.08. The largest absolute Gasteiger partial charge is 0.481 e. The first-order valence-corrected chi connectivity index (χ1v) is 3.86. The monoisotopic (exact) mass is 144 g/mol. The molecule has 0 fully saturated rings. The van der Waals surface area contributed by atoms with Gasteiger partial charge in [-0.15, -0.1) is 0 Å². The summed E-state index contributed by atoms with van der Waals surface area (Å²) in [6, 6.07) is 0. The van der Waals surface area contributed by atoms with Crippen molar-refractivity contribution in [2.24, 2.45) is 11.8 Å². The van der Waals surface area contributed by atoms with Crippen molar-refractivity contribution in [2.45, 2.75) is 33.6 Å². The third kappa shape index (κ3) is 2.38. The van der Waals surface area contributed by atoms with E-state index in [1.54, 1.807) is 0 Å². The lowest BCUT2D eigenvalue weighted by Gasteiger charge is -2.15. The molecule has 60 valence electrons. The molecule has 0 aliphatic heterocycles. The van der Waals surface area contributed by atoms with Crippen molar-refractivity contribution in [3.63, 3.8) is 0 Å². The number of carbonyl (C=O) groups is 1. The van der Waals surface area contributed by atoms with Crippen molar-refractivity contribution in [2.75, 3.05) is 0 Å². The van der Waals surface area contributed by atoms with Gasteiger partial charge < -0.3 is 5.11 Å². The van der Waals surface area contributed by atoms with E-state index in [0.29, 0.717) is 5.92 Å². The average molecular weight is 144 g/mol. The van der Waals surface area contributed by atoms with Gasteiger partial charge >= 0.3 is 5.97 Å². The summed E-state index contributed by atoms with van der Waals surface area (Å²) in [5.74, 6) is -0.496. The predicted octanol–water partition coefficient (Wildman–Crippen LogP) is 2.14. The fraction of sp³-hybridized carbons (Fsp3) is 0.875. The quantitative estimate of drug-likeness (QED) is 0.656. The second-order valence-corrected chi connectivity index (χ2v) is 2.74. The van der Waals surface area contributed by atoms with Crippen molar-refractivity contribution in [3.8, 4) is 0 Å². The molecular weight excluding hydrogens is 128 g/mol. The van der Waals surface area contributed by atoms with Gasteiger partial charge in [-0.25, -0.2) is 0 Å². The minimum absolute atomic E-state index is 0.148. The summed E-state index contributed by atoms with van der Waals surface area (Å²) >= 11 is 0. The summed E-state index contributed by atoms with van der Waals surface area (Å²) in [6.07, 6.45) is 1.69. The van der Waals surface area contributed by atoms with Crippen molar-refractivity contribution in [3.05, 3.63) is 0 Å². The molecule has 0 aliphatic carbocycles. The summed E-state index contributed by atoms with van der Waals surface area (Å²) in [6.45, 7) is 5.93. The van der Waals surface area contributed by atoms with Gasteiger partial charge in [0.1, 0.15) is 0 Å². The summed E-state index contributed by atoms with van der Waals surface area (Å²) in [5.41, 5.74) is 0. The van der Waals surface area contributed by atoms with Gasteiger partial charge in [0.15, 0.2) is 0 Å². The van der Waals surface area contributed by atoms with E-state index >= 15 is 0 Å². The Hall–Kier alpha value is -0.530. The number of carboxylic acid groups (broad SMARTS) is 1. The van der Waals surface area contributed by atoms with E-state index in [-0.39, 0.29) is 5.92 Å². The fourth-order valence-electron chi connectivity index (χ4n) is 1.10. The molecule has 2 atom stereocenters. The lowest BCUT2D eigenvalue weighted by molar-refractivity contribution is -0.143. The van der Waals surface area contributed by atoms with E-state index in [9.17, 15) is 4.79 Å². The molecule has 0 bridgehead atoms. The molecular formula is C8H16O2. The number of carboxylic acids is 1. The smallest absolute Gasteiger partial charge is 0.306 e. The lowest BCUT2D eigenvalue weighted by atomic mass is 9.90. The first-order valence-electron chi connectivity index (χ1n) is 3.86. The Morgan fingerprint density at radius 1 is 1.40 bits per heavy atom. The first-order chi connectivity index (χ1) is 4.63. The molecule has 0 aromatic rings. The molecule has 0 amide bonds. The second-order valence-electron chi connectivity index (χ2n) is 2.74. The summed E-state index contributed by atoms with van der Waals surface area (Å²) in [7, 11) is 0. The third-order valence-electron chi connectivity index (χ3n) is 2.09. The van der Waals surface area contributed by atoms with Crippen LogP contribution in [0.5, 0.6) is 0 Å². The van der Waals surface area contributed by atoms with Crippen molar-refractivity contribution >= 4 is 5.97 Å². The predicted molar refractivity (Wildman–Crippen MR) is 40.9 cm³/mol. The normalized spacial score (nSPS) is 16.3. The van der Waals surface area contributed by atoms with Crippen LogP contribution in [0.3, 0.4) is 0 Å². The highest BCUT2D eigenvalue weighted by molar-refractivity contribution is 5.70. The highest BCUT2D eigenvalue weighted by atomic mass is 16.4. The van der Waals surface area contributed by atoms with Crippen molar-refractivity contribution < 1.29 is 9.90 Å². The second kappa shape index (κ2) is 4.31. The van der Waals surface area contributed by atoms with E-state index in [0.717, 1.165) is 12.8 Å². The summed E-state index contributed by atoms with van der Waals surface area (Å²) in [4.78, 5) is 10.5. The minimum atomic E-state index is -0.656.